The predicted octanol–water partition coefficient (Wildman–Crippen LogP) is 4.28. The molecule has 0 aliphatic carbocycles. The van der Waals surface area contributed by atoms with Gasteiger partial charge in [0.2, 0.25) is 5.91 Å². The van der Waals surface area contributed by atoms with Gasteiger partial charge in [0.15, 0.2) is 0 Å². The fourth-order valence-corrected chi connectivity index (χ4v) is 3.74. The van der Waals surface area contributed by atoms with Crippen molar-refractivity contribution in [3.8, 4) is 11.5 Å². The Morgan fingerprint density at radius 1 is 1.21 bits per heavy atom. The van der Waals surface area contributed by atoms with Gasteiger partial charge in [-0.05, 0) is 56.7 Å². The second kappa shape index (κ2) is 9.32. The quantitative estimate of drug-likeness (QED) is 0.427. The highest BCUT2D eigenvalue weighted by molar-refractivity contribution is 7.82. The lowest BCUT2D eigenvalue weighted by molar-refractivity contribution is -0.115. The number of hydrogen-bond donors (Lipinski definition) is 2. The van der Waals surface area contributed by atoms with Gasteiger partial charge in [-0.3, -0.25) is 14.5 Å². The van der Waals surface area contributed by atoms with Gasteiger partial charge >= 0.3 is 0 Å². The van der Waals surface area contributed by atoms with Gasteiger partial charge < -0.3 is 10.1 Å². The van der Waals surface area contributed by atoms with Crippen LogP contribution in [0.2, 0.25) is 0 Å². The maximum atomic E-state index is 14.8. The number of nitrogens with two attached hydrogens (primary N) is 1. The van der Waals surface area contributed by atoms with Crippen LogP contribution in [0.1, 0.15) is 26.3 Å². The molecule has 3 N–H and O–H groups in total. The normalized spacial score (nSPS) is 12.5. The van der Waals surface area contributed by atoms with Crippen LogP contribution in [0.5, 0.6) is 11.5 Å². The van der Waals surface area contributed by atoms with Crippen molar-refractivity contribution in [1.82, 2.24) is 14.8 Å². The van der Waals surface area contributed by atoms with Crippen molar-refractivity contribution in [1.29, 1.82) is 0 Å². The number of aromatic nitrogens is 3. The largest absolute Gasteiger partial charge is 0.456 e. The molecule has 8 nitrogen and oxygen atoms in total. The summed E-state index contributed by atoms with van der Waals surface area (Å²) in [6, 6.07) is 10.9. The zero-order valence-electron chi connectivity index (χ0n) is 18.9. The molecule has 176 valence electrons. The van der Waals surface area contributed by atoms with Crippen molar-refractivity contribution in [2.24, 2.45) is 5.14 Å². The van der Waals surface area contributed by atoms with Crippen LogP contribution in [0.15, 0.2) is 66.0 Å². The van der Waals surface area contributed by atoms with Gasteiger partial charge in [-0.15, -0.1) is 0 Å². The number of carbonyl (C=O) groups excluding carboxylic acids is 1. The maximum absolute atomic E-state index is 14.8. The van der Waals surface area contributed by atoms with Crippen LogP contribution in [0.25, 0.3) is 10.9 Å². The van der Waals surface area contributed by atoms with Crippen LogP contribution in [0, 0.1) is 5.82 Å². The lowest BCUT2D eigenvalue weighted by Gasteiger charge is -2.18. The van der Waals surface area contributed by atoms with E-state index in [-0.39, 0.29) is 29.2 Å². The first-order valence-corrected chi connectivity index (χ1v) is 11.7. The summed E-state index contributed by atoms with van der Waals surface area (Å²) < 4.78 is 34.0. The van der Waals surface area contributed by atoms with Crippen LogP contribution in [-0.2, 0) is 27.7 Å². The number of benzene rings is 2. The van der Waals surface area contributed by atoms with E-state index < -0.39 is 16.8 Å². The minimum atomic E-state index is -1.66. The summed E-state index contributed by atoms with van der Waals surface area (Å²) in [5, 5.41) is 13.0. The summed E-state index contributed by atoms with van der Waals surface area (Å²) in [6.45, 7) is 5.99. The topological polar surface area (TPSA) is 112 Å². The highest BCUT2D eigenvalue weighted by Gasteiger charge is 2.16. The smallest absolute Gasteiger partial charge is 0.228 e. The third kappa shape index (κ3) is 5.29. The number of anilines is 1. The molecule has 2 aromatic carbocycles. The fourth-order valence-electron chi connectivity index (χ4n) is 3.31. The van der Waals surface area contributed by atoms with Gasteiger partial charge in [-0.25, -0.2) is 13.7 Å². The standard InChI is InChI=1S/C24H24FN5O3S/c1-24(2,3)30-14-16(13-28-30)29-23(31)10-15-4-5-17(11-20(15)25)33-22-8-9-27-21-7-6-18(34(26)32)12-19(21)22/h4-9,11-14H,10,26H2,1-3H3,(H,29,31). The Labute approximate surface area is 198 Å². The van der Waals surface area contributed by atoms with Crippen LogP contribution in [0.4, 0.5) is 10.1 Å². The van der Waals surface area contributed by atoms with E-state index in [1.807, 2.05) is 20.8 Å². The first-order chi connectivity index (χ1) is 16.1. The molecule has 1 atom stereocenters. The summed E-state index contributed by atoms with van der Waals surface area (Å²) >= 11 is 0. The minimum Gasteiger partial charge on any atom is -0.456 e. The van der Waals surface area contributed by atoms with Crippen molar-refractivity contribution in [2.45, 2.75) is 37.6 Å². The van der Waals surface area contributed by atoms with Gasteiger partial charge in [0, 0.05) is 23.8 Å². The molecular weight excluding hydrogens is 457 g/mol. The first-order valence-electron chi connectivity index (χ1n) is 10.5. The van der Waals surface area contributed by atoms with Crippen molar-refractivity contribution in [3.05, 3.63) is 72.4 Å². The number of nitrogens with zero attached hydrogens (tertiary/aromatic N) is 3. The molecule has 0 radical (unpaired) electrons. The highest BCUT2D eigenvalue weighted by Crippen LogP contribution is 2.31. The SMILES string of the molecule is CC(C)(C)n1cc(NC(=O)Cc2ccc(Oc3ccnc4ccc(S(N)=O)cc34)cc2F)cn1. The average Bonchev–Trinajstić information content (AvgIpc) is 3.24. The van der Waals surface area contributed by atoms with E-state index >= 15 is 0 Å². The molecule has 1 unspecified atom stereocenters. The van der Waals surface area contributed by atoms with Gasteiger partial charge in [-0.2, -0.15) is 5.10 Å². The van der Waals surface area contributed by atoms with Crippen molar-refractivity contribution in [3.63, 3.8) is 0 Å². The number of hydrogen-bond acceptors (Lipinski definition) is 5. The van der Waals surface area contributed by atoms with Crippen LogP contribution in [-0.4, -0.2) is 24.9 Å². The molecule has 0 spiro atoms. The first kappa shape index (κ1) is 23.5. The molecule has 4 rings (SSSR count). The summed E-state index contributed by atoms with van der Waals surface area (Å²) in [6.07, 6.45) is 4.71. The predicted molar refractivity (Wildman–Crippen MR) is 128 cm³/mol. The Morgan fingerprint density at radius 2 is 2.00 bits per heavy atom. The average molecular weight is 482 g/mol. The summed E-state index contributed by atoms with van der Waals surface area (Å²) in [5.41, 5.74) is 1.18. The monoisotopic (exact) mass is 481 g/mol. The number of fused-ring (bicyclic) bond motifs is 1. The molecule has 10 heteroatoms. The maximum Gasteiger partial charge on any atom is 0.228 e. The molecule has 0 saturated carbocycles. The number of halogens is 1. The van der Waals surface area contributed by atoms with Crippen LogP contribution >= 0.6 is 0 Å². The second-order valence-corrected chi connectivity index (χ2v) is 9.78. The summed E-state index contributed by atoms with van der Waals surface area (Å²) in [7, 11) is -1.66. The van der Waals surface area contributed by atoms with E-state index in [4.69, 9.17) is 9.88 Å². The number of carbonyl (C=O) groups is 1. The van der Waals surface area contributed by atoms with Crippen LogP contribution < -0.4 is 15.2 Å². The summed E-state index contributed by atoms with van der Waals surface area (Å²) in [5.74, 6) is -0.262. The van der Waals surface area contributed by atoms with E-state index in [0.29, 0.717) is 27.2 Å². The number of nitrogens with one attached hydrogen (secondary N) is 1. The van der Waals surface area contributed by atoms with Gasteiger partial charge in [0.1, 0.15) is 28.3 Å². The molecule has 4 aromatic rings. The Bertz CT molecular complexity index is 1400. The zero-order valence-corrected chi connectivity index (χ0v) is 19.7. The third-order valence-electron chi connectivity index (χ3n) is 5.06. The van der Waals surface area contributed by atoms with E-state index in [1.165, 1.54) is 12.1 Å². The van der Waals surface area contributed by atoms with E-state index in [9.17, 15) is 13.4 Å². The molecular formula is C24H24FN5O3S. The highest BCUT2D eigenvalue weighted by atomic mass is 32.2. The molecule has 0 aliphatic heterocycles. The number of pyridine rings is 1. The van der Waals surface area contributed by atoms with Crippen molar-refractivity contribution >= 4 is 33.5 Å². The molecule has 0 fully saturated rings. The zero-order chi connectivity index (χ0) is 24.5. The lowest BCUT2D eigenvalue weighted by atomic mass is 10.1. The third-order valence-corrected chi connectivity index (χ3v) is 5.78. The Balaban J connectivity index is 1.48. The van der Waals surface area contributed by atoms with Gasteiger partial charge in [-0.1, -0.05) is 6.07 Å². The number of ether oxygens (including phenoxy) is 1. The number of rotatable bonds is 6. The molecule has 0 aliphatic rings. The van der Waals surface area contributed by atoms with Crippen molar-refractivity contribution < 1.29 is 18.1 Å². The molecule has 0 bridgehead atoms. The molecule has 1 amide bonds. The van der Waals surface area contributed by atoms with E-state index in [1.54, 1.807) is 53.6 Å². The fraction of sp³-hybridized carbons (Fsp3) is 0.208. The van der Waals surface area contributed by atoms with E-state index in [2.05, 4.69) is 15.4 Å². The molecule has 0 saturated heterocycles. The Morgan fingerprint density at radius 3 is 2.68 bits per heavy atom. The van der Waals surface area contributed by atoms with Gasteiger partial charge in [0.05, 0.1) is 34.3 Å². The molecule has 2 aromatic heterocycles. The minimum absolute atomic E-state index is 0.142. The molecule has 2 heterocycles. The van der Waals surface area contributed by atoms with E-state index in [0.717, 1.165) is 0 Å². The summed E-state index contributed by atoms with van der Waals surface area (Å²) in [4.78, 5) is 17.1. The van der Waals surface area contributed by atoms with Crippen molar-refractivity contribution in [2.75, 3.05) is 5.32 Å². The second-order valence-electron chi connectivity index (χ2n) is 8.71. The number of amides is 1. The Kier molecular flexibility index (Phi) is 6.45. The van der Waals surface area contributed by atoms with Gasteiger partial charge in [0.25, 0.3) is 0 Å². The lowest BCUT2D eigenvalue weighted by Crippen LogP contribution is -2.22. The molecule has 34 heavy (non-hydrogen) atoms. The Hall–Kier alpha value is -3.63. The van der Waals surface area contributed by atoms with Crippen LogP contribution in [0.3, 0.4) is 0 Å².